The predicted molar refractivity (Wildman–Crippen MR) is 57.1 cm³/mol. The van der Waals surface area contributed by atoms with E-state index in [0.29, 0.717) is 6.61 Å². The molecule has 86 valence electrons. The molecule has 15 heavy (non-hydrogen) atoms. The van der Waals surface area contributed by atoms with Gasteiger partial charge in [-0.15, -0.1) is 0 Å². The van der Waals surface area contributed by atoms with Gasteiger partial charge in [-0.05, 0) is 6.42 Å². The summed E-state index contributed by atoms with van der Waals surface area (Å²) in [6.07, 6.45) is 0.333. The van der Waals surface area contributed by atoms with Crippen molar-refractivity contribution >= 4 is 7.85 Å². The molecule has 4 atom stereocenters. The Morgan fingerprint density at radius 1 is 1.27 bits per heavy atom. The van der Waals surface area contributed by atoms with Crippen LogP contribution in [0.15, 0.2) is 0 Å². The van der Waals surface area contributed by atoms with E-state index < -0.39 is 11.6 Å². The van der Waals surface area contributed by atoms with Crippen LogP contribution < -0.4 is 0 Å². The molecule has 1 aliphatic rings. The molecule has 5 heteroatoms. The second-order valence-electron chi connectivity index (χ2n) is 3.79. The van der Waals surface area contributed by atoms with Gasteiger partial charge >= 0.3 is 0 Å². The van der Waals surface area contributed by atoms with Gasteiger partial charge in [-0.1, -0.05) is 6.92 Å². The topological polar surface area (TPSA) is 36.9 Å². The molecule has 0 amide bonds. The Bertz CT molecular complexity index is 202. The maximum atomic E-state index is 5.85. The number of hydrogen-bond donors (Lipinski definition) is 0. The molecule has 0 aromatic rings. The molecular weight excluding hydrogens is 195 g/mol. The summed E-state index contributed by atoms with van der Waals surface area (Å²) in [5.74, 6) is 0. The lowest BCUT2D eigenvalue weighted by Crippen LogP contribution is -2.47. The highest BCUT2D eigenvalue weighted by Gasteiger charge is 2.53. The van der Waals surface area contributed by atoms with Crippen molar-refractivity contribution < 1.29 is 18.9 Å². The van der Waals surface area contributed by atoms with Gasteiger partial charge in [0.25, 0.3) is 0 Å². The lowest BCUT2D eigenvalue weighted by Gasteiger charge is -2.32. The molecule has 1 saturated heterocycles. The van der Waals surface area contributed by atoms with Crippen molar-refractivity contribution in [1.82, 2.24) is 0 Å². The molecule has 1 aliphatic heterocycles. The Morgan fingerprint density at radius 2 is 1.93 bits per heavy atom. The Labute approximate surface area is 92.6 Å². The van der Waals surface area contributed by atoms with Crippen LogP contribution in [0.5, 0.6) is 0 Å². The van der Waals surface area contributed by atoms with Gasteiger partial charge in [-0.3, -0.25) is 0 Å². The zero-order valence-corrected chi connectivity index (χ0v) is 9.86. The quantitative estimate of drug-likeness (QED) is 0.618. The van der Waals surface area contributed by atoms with Crippen molar-refractivity contribution in [3.63, 3.8) is 0 Å². The first-order valence-corrected chi connectivity index (χ1v) is 5.13. The van der Waals surface area contributed by atoms with E-state index in [1.54, 1.807) is 21.3 Å². The highest BCUT2D eigenvalue weighted by Crippen LogP contribution is 2.36. The van der Waals surface area contributed by atoms with Crippen LogP contribution in [0, 0.1) is 0 Å². The highest BCUT2D eigenvalue weighted by atomic mass is 16.6. The van der Waals surface area contributed by atoms with Crippen LogP contribution in [0.4, 0.5) is 0 Å². The molecule has 2 radical (unpaired) electrons. The van der Waals surface area contributed by atoms with Crippen molar-refractivity contribution in [2.75, 3.05) is 27.9 Å². The van der Waals surface area contributed by atoms with Crippen LogP contribution in [0.25, 0.3) is 0 Å². The molecule has 0 N–H and O–H groups in total. The molecule has 0 saturated carbocycles. The SMILES string of the molecule is [B][C@@H]1O[C@](CC)(COC)[C@@H](OC)[C@H]1OC. The molecule has 0 spiro atoms. The fourth-order valence-corrected chi connectivity index (χ4v) is 2.23. The van der Waals surface area contributed by atoms with E-state index in [1.165, 1.54) is 0 Å². The molecule has 1 rings (SSSR count). The molecule has 1 fully saturated rings. The van der Waals surface area contributed by atoms with Crippen molar-refractivity contribution in [3.8, 4) is 0 Å². The smallest absolute Gasteiger partial charge is 0.119 e. The maximum Gasteiger partial charge on any atom is 0.119 e. The second kappa shape index (κ2) is 5.30. The van der Waals surface area contributed by atoms with Crippen molar-refractivity contribution in [1.29, 1.82) is 0 Å². The van der Waals surface area contributed by atoms with Gasteiger partial charge in [0.2, 0.25) is 0 Å². The van der Waals surface area contributed by atoms with Gasteiger partial charge < -0.3 is 18.9 Å². The van der Waals surface area contributed by atoms with Gasteiger partial charge in [0.05, 0.1) is 6.61 Å². The van der Waals surface area contributed by atoms with Gasteiger partial charge in [0.1, 0.15) is 25.7 Å². The van der Waals surface area contributed by atoms with Crippen LogP contribution in [-0.2, 0) is 18.9 Å². The second-order valence-corrected chi connectivity index (χ2v) is 3.79. The van der Waals surface area contributed by atoms with Crippen molar-refractivity contribution in [3.05, 3.63) is 0 Å². The lowest BCUT2D eigenvalue weighted by molar-refractivity contribution is -0.122. The molecule has 0 unspecified atom stereocenters. The summed E-state index contributed by atoms with van der Waals surface area (Å²) in [6, 6.07) is -0.463. The molecular formula is C10H19BO4. The third-order valence-electron chi connectivity index (χ3n) is 3.02. The van der Waals surface area contributed by atoms with Gasteiger partial charge in [-0.2, -0.15) is 0 Å². The summed E-state index contributed by atoms with van der Waals surface area (Å²) in [7, 11) is 10.7. The normalized spacial score (nSPS) is 40.9. The van der Waals surface area contributed by atoms with Crippen LogP contribution in [0.1, 0.15) is 13.3 Å². The predicted octanol–water partition coefficient (Wildman–Crippen LogP) is 0.336. The summed E-state index contributed by atoms with van der Waals surface area (Å²) >= 11 is 0. The van der Waals surface area contributed by atoms with E-state index in [2.05, 4.69) is 0 Å². The minimum atomic E-state index is -0.496. The lowest BCUT2D eigenvalue weighted by atomic mass is 9.88. The summed E-state index contributed by atoms with van der Waals surface area (Å²) in [5.41, 5.74) is -0.496. The number of hydrogen-bond acceptors (Lipinski definition) is 4. The number of methoxy groups -OCH3 is 3. The number of rotatable bonds is 5. The van der Waals surface area contributed by atoms with E-state index in [0.717, 1.165) is 6.42 Å². The monoisotopic (exact) mass is 214 g/mol. The maximum absolute atomic E-state index is 5.85. The summed E-state index contributed by atoms with van der Waals surface area (Å²) in [4.78, 5) is 0. The standard InChI is InChI=1S/C10H19BO4/c1-5-10(6-12-2)8(14-4)7(13-3)9(11)15-10/h7-9H,5-6H2,1-4H3/t7-,8+,9-,10-/m1/s1. The fraction of sp³-hybridized carbons (Fsp3) is 1.00. The Balaban J connectivity index is 2.87. The fourth-order valence-electron chi connectivity index (χ4n) is 2.23. The highest BCUT2D eigenvalue weighted by molar-refractivity contribution is 6.11. The zero-order chi connectivity index (χ0) is 11.5. The summed E-state index contributed by atoms with van der Waals surface area (Å²) < 4.78 is 21.7. The molecule has 0 bridgehead atoms. The number of ether oxygens (including phenoxy) is 4. The van der Waals surface area contributed by atoms with E-state index in [4.69, 9.17) is 26.8 Å². The molecule has 0 aliphatic carbocycles. The van der Waals surface area contributed by atoms with E-state index in [9.17, 15) is 0 Å². The minimum Gasteiger partial charge on any atom is -0.382 e. The van der Waals surface area contributed by atoms with Crippen LogP contribution >= 0.6 is 0 Å². The van der Waals surface area contributed by atoms with E-state index in [1.807, 2.05) is 6.92 Å². The largest absolute Gasteiger partial charge is 0.382 e. The summed E-state index contributed by atoms with van der Waals surface area (Å²) in [5, 5.41) is 0. The Kier molecular flexibility index (Phi) is 4.58. The first-order chi connectivity index (χ1) is 7.15. The Morgan fingerprint density at radius 3 is 2.33 bits per heavy atom. The van der Waals surface area contributed by atoms with Crippen molar-refractivity contribution in [2.45, 2.75) is 37.2 Å². The molecule has 0 aromatic carbocycles. The first kappa shape index (κ1) is 13.0. The third kappa shape index (κ3) is 2.20. The molecule has 4 nitrogen and oxygen atoms in total. The Hall–Kier alpha value is -0.0951. The van der Waals surface area contributed by atoms with Gasteiger partial charge in [-0.25, -0.2) is 0 Å². The minimum absolute atomic E-state index is 0.192. The van der Waals surface area contributed by atoms with Crippen LogP contribution in [0.2, 0.25) is 0 Å². The average molecular weight is 214 g/mol. The van der Waals surface area contributed by atoms with Crippen LogP contribution in [-0.4, -0.2) is 59.6 Å². The average Bonchev–Trinajstić information content (AvgIpc) is 2.51. The summed E-state index contributed by atoms with van der Waals surface area (Å²) in [6.45, 7) is 2.48. The molecule has 1 heterocycles. The zero-order valence-electron chi connectivity index (χ0n) is 9.86. The van der Waals surface area contributed by atoms with Crippen LogP contribution in [0.3, 0.4) is 0 Å². The van der Waals surface area contributed by atoms with E-state index in [-0.39, 0.29) is 12.2 Å². The molecule has 0 aromatic heterocycles. The van der Waals surface area contributed by atoms with E-state index >= 15 is 0 Å². The van der Waals surface area contributed by atoms with Crippen molar-refractivity contribution in [2.24, 2.45) is 0 Å². The van der Waals surface area contributed by atoms with Gasteiger partial charge in [0.15, 0.2) is 0 Å². The third-order valence-corrected chi connectivity index (χ3v) is 3.02. The first-order valence-electron chi connectivity index (χ1n) is 5.13. The van der Waals surface area contributed by atoms with Gasteiger partial charge in [0, 0.05) is 27.3 Å².